The molecule has 4 rings (SSSR count). The molecule has 1 saturated heterocycles. The summed E-state index contributed by atoms with van der Waals surface area (Å²) >= 11 is 1.30. The Morgan fingerprint density at radius 3 is 2.52 bits per heavy atom. The number of aromatic nitrogens is 3. The molecule has 31 heavy (non-hydrogen) atoms. The number of hydrogen-bond donors (Lipinski definition) is 2. The van der Waals surface area contributed by atoms with E-state index in [1.54, 1.807) is 5.51 Å². The third-order valence-electron chi connectivity index (χ3n) is 5.91. The summed E-state index contributed by atoms with van der Waals surface area (Å²) in [4.78, 5) is 20.2. The average Bonchev–Trinajstić information content (AvgIpc) is 3.29. The summed E-state index contributed by atoms with van der Waals surface area (Å²) in [7, 11) is 0. The molecule has 2 aromatic heterocycles. The van der Waals surface area contributed by atoms with Gasteiger partial charge in [-0.2, -0.15) is 0 Å². The van der Waals surface area contributed by atoms with E-state index >= 15 is 0 Å². The first-order valence-corrected chi connectivity index (χ1v) is 11.3. The van der Waals surface area contributed by atoms with E-state index in [4.69, 9.17) is 4.98 Å². The number of carbonyl (C=O) groups excluding carboxylic acids is 1. The molecule has 8 heteroatoms. The molecule has 1 aliphatic rings. The second kappa shape index (κ2) is 9.11. The topological polar surface area (TPSA) is 91.2 Å². The van der Waals surface area contributed by atoms with Crippen LogP contribution in [0.15, 0.2) is 54.2 Å². The van der Waals surface area contributed by atoms with Gasteiger partial charge in [0.25, 0.3) is 0 Å². The first-order valence-electron chi connectivity index (χ1n) is 10.5. The van der Waals surface area contributed by atoms with E-state index in [1.165, 1.54) is 11.3 Å². The summed E-state index contributed by atoms with van der Waals surface area (Å²) in [5.41, 5.74) is 2.87. The maximum absolute atomic E-state index is 13.2. The van der Waals surface area contributed by atoms with Crippen molar-refractivity contribution in [2.75, 3.05) is 23.3 Å². The lowest BCUT2D eigenvalue weighted by Crippen LogP contribution is -2.37. The highest BCUT2D eigenvalue weighted by molar-refractivity contribution is 7.13. The molecule has 0 saturated carbocycles. The lowest BCUT2D eigenvalue weighted by molar-refractivity contribution is -0.124. The third-order valence-corrected chi connectivity index (χ3v) is 6.52. The minimum Gasteiger partial charge on any atom is -0.393 e. The van der Waals surface area contributed by atoms with Gasteiger partial charge in [0.2, 0.25) is 11.0 Å². The summed E-state index contributed by atoms with van der Waals surface area (Å²) < 4.78 is 0. The van der Waals surface area contributed by atoms with Crippen molar-refractivity contribution >= 4 is 28.2 Å². The van der Waals surface area contributed by atoms with Crippen LogP contribution in [-0.2, 0) is 4.79 Å². The van der Waals surface area contributed by atoms with Gasteiger partial charge in [0, 0.05) is 25.2 Å². The molecule has 0 spiro atoms. The zero-order valence-electron chi connectivity index (χ0n) is 17.7. The Morgan fingerprint density at radius 2 is 1.90 bits per heavy atom. The van der Waals surface area contributed by atoms with Crippen LogP contribution in [0.1, 0.15) is 43.7 Å². The number of piperidine rings is 1. The largest absolute Gasteiger partial charge is 0.393 e. The van der Waals surface area contributed by atoms with Gasteiger partial charge in [0.15, 0.2) is 0 Å². The minimum atomic E-state index is -0.758. The molecule has 0 radical (unpaired) electrons. The molecular weight excluding hydrogens is 410 g/mol. The molecule has 1 unspecified atom stereocenters. The quantitative estimate of drug-likeness (QED) is 0.611. The second-order valence-corrected chi connectivity index (χ2v) is 9.26. The Kier molecular flexibility index (Phi) is 6.29. The van der Waals surface area contributed by atoms with E-state index in [2.05, 4.69) is 26.5 Å². The maximum Gasteiger partial charge on any atom is 0.232 e. The average molecular weight is 438 g/mol. The van der Waals surface area contributed by atoms with Crippen LogP contribution in [0.2, 0.25) is 0 Å². The van der Waals surface area contributed by atoms with Gasteiger partial charge in [-0.15, -0.1) is 10.2 Å². The van der Waals surface area contributed by atoms with Gasteiger partial charge < -0.3 is 15.3 Å². The van der Waals surface area contributed by atoms with E-state index in [0.717, 1.165) is 42.9 Å². The van der Waals surface area contributed by atoms with E-state index in [0.29, 0.717) is 5.13 Å². The summed E-state index contributed by atoms with van der Waals surface area (Å²) in [6.07, 6.45) is 3.17. The number of aliphatic hydroxyl groups is 1. The molecule has 0 bridgehead atoms. The molecule has 162 valence electrons. The van der Waals surface area contributed by atoms with E-state index in [1.807, 2.05) is 56.4 Å². The molecule has 1 aliphatic heterocycles. The number of carbonyl (C=O) groups is 1. The number of aliphatic hydroxyl groups excluding tert-OH is 1. The van der Waals surface area contributed by atoms with Gasteiger partial charge in [0.1, 0.15) is 11.3 Å². The number of anilines is 2. The smallest absolute Gasteiger partial charge is 0.232 e. The normalized spacial score (nSPS) is 16.2. The standard InChI is InChI=1S/C23H27N5O2S/c1-23(2,21(30)26-22-27-25-15-31-22)20(16-6-4-3-5-7-16)17-8-9-19(24-14-17)28-12-10-18(29)11-13-28/h3-9,14-15,18,20,29H,10-13H2,1-2H3,(H,26,27,30). The minimum absolute atomic E-state index is 0.118. The van der Waals surface area contributed by atoms with Crippen molar-refractivity contribution < 1.29 is 9.90 Å². The van der Waals surface area contributed by atoms with Crippen LogP contribution in [0.4, 0.5) is 10.9 Å². The summed E-state index contributed by atoms with van der Waals surface area (Å²) in [5.74, 6) is 0.595. The van der Waals surface area contributed by atoms with Crippen LogP contribution in [0.5, 0.6) is 0 Å². The second-order valence-electron chi connectivity index (χ2n) is 8.43. The van der Waals surface area contributed by atoms with Gasteiger partial charge in [-0.25, -0.2) is 4.98 Å². The van der Waals surface area contributed by atoms with Crippen LogP contribution in [0.3, 0.4) is 0 Å². The van der Waals surface area contributed by atoms with E-state index in [-0.39, 0.29) is 17.9 Å². The first kappa shape index (κ1) is 21.4. The molecule has 7 nitrogen and oxygen atoms in total. The lowest BCUT2D eigenvalue weighted by atomic mass is 9.71. The predicted molar refractivity (Wildman–Crippen MR) is 122 cm³/mol. The van der Waals surface area contributed by atoms with Gasteiger partial charge in [-0.05, 0) is 30.0 Å². The highest BCUT2D eigenvalue weighted by atomic mass is 32.1. The Hall–Kier alpha value is -2.84. The Labute approximate surface area is 186 Å². The Bertz CT molecular complexity index is 985. The number of hydrogen-bond acceptors (Lipinski definition) is 7. The third kappa shape index (κ3) is 4.75. The molecule has 0 aliphatic carbocycles. The zero-order chi connectivity index (χ0) is 21.8. The van der Waals surface area contributed by atoms with Crippen molar-refractivity contribution in [3.63, 3.8) is 0 Å². The van der Waals surface area contributed by atoms with Crippen molar-refractivity contribution in [1.82, 2.24) is 15.2 Å². The maximum atomic E-state index is 13.2. The van der Waals surface area contributed by atoms with E-state index in [9.17, 15) is 9.90 Å². The van der Waals surface area contributed by atoms with E-state index < -0.39 is 5.41 Å². The molecule has 2 N–H and O–H groups in total. The molecule has 1 amide bonds. The number of rotatable bonds is 6. The monoisotopic (exact) mass is 437 g/mol. The fourth-order valence-electron chi connectivity index (χ4n) is 4.14. The van der Waals surface area contributed by atoms with Crippen molar-refractivity contribution in [1.29, 1.82) is 0 Å². The van der Waals surface area contributed by atoms with Crippen molar-refractivity contribution in [2.24, 2.45) is 5.41 Å². The fraction of sp³-hybridized carbons (Fsp3) is 0.391. The lowest BCUT2D eigenvalue weighted by Gasteiger charge is -2.34. The van der Waals surface area contributed by atoms with Crippen LogP contribution in [0, 0.1) is 5.41 Å². The van der Waals surface area contributed by atoms with Crippen LogP contribution in [-0.4, -0.2) is 45.4 Å². The summed E-state index contributed by atoms with van der Waals surface area (Å²) in [6, 6.07) is 14.1. The van der Waals surface area contributed by atoms with Crippen molar-refractivity contribution in [3.8, 4) is 0 Å². The number of benzene rings is 1. The van der Waals surface area contributed by atoms with Gasteiger partial charge in [-0.3, -0.25) is 4.79 Å². The van der Waals surface area contributed by atoms with Crippen molar-refractivity contribution in [2.45, 2.75) is 38.7 Å². The number of nitrogens with zero attached hydrogens (tertiary/aromatic N) is 4. The zero-order valence-corrected chi connectivity index (χ0v) is 18.5. The van der Waals surface area contributed by atoms with Crippen LogP contribution < -0.4 is 10.2 Å². The predicted octanol–water partition coefficient (Wildman–Crippen LogP) is 3.69. The van der Waals surface area contributed by atoms with Gasteiger partial charge >= 0.3 is 0 Å². The summed E-state index contributed by atoms with van der Waals surface area (Å²) in [5, 5.41) is 20.9. The molecule has 1 fully saturated rings. The SMILES string of the molecule is CC(C)(C(=O)Nc1nncs1)C(c1ccccc1)c1ccc(N2CCC(O)CC2)nc1. The highest BCUT2D eigenvalue weighted by Crippen LogP contribution is 2.42. The molecule has 1 atom stereocenters. The number of pyridine rings is 1. The summed E-state index contributed by atoms with van der Waals surface area (Å²) in [6.45, 7) is 5.48. The van der Waals surface area contributed by atoms with Crippen molar-refractivity contribution in [3.05, 3.63) is 65.3 Å². The molecule has 1 aromatic carbocycles. The Morgan fingerprint density at radius 1 is 1.16 bits per heavy atom. The molecular formula is C23H27N5O2S. The number of nitrogens with one attached hydrogen (secondary N) is 1. The Balaban J connectivity index is 1.63. The fourth-order valence-corrected chi connectivity index (χ4v) is 4.58. The highest BCUT2D eigenvalue weighted by Gasteiger charge is 2.39. The van der Waals surface area contributed by atoms with Crippen LogP contribution >= 0.6 is 11.3 Å². The first-order chi connectivity index (χ1) is 14.9. The number of amides is 1. The molecule has 3 aromatic rings. The molecule has 3 heterocycles. The van der Waals surface area contributed by atoms with Gasteiger partial charge in [0.05, 0.1) is 11.5 Å². The van der Waals surface area contributed by atoms with Crippen LogP contribution in [0.25, 0.3) is 0 Å². The van der Waals surface area contributed by atoms with Gasteiger partial charge in [-0.1, -0.05) is 61.6 Å².